The minimum absolute atomic E-state index is 0.0821. The number of aliphatic hydroxyl groups is 1. The molecule has 1 aliphatic carbocycles. The van der Waals surface area contributed by atoms with Gasteiger partial charge in [0.25, 0.3) is 0 Å². The minimum atomic E-state index is -0.816. The average Bonchev–Trinajstić information content (AvgIpc) is 2.28. The molecule has 0 fully saturated rings. The first-order valence-electron chi connectivity index (χ1n) is 3.69. The van der Waals surface area contributed by atoms with Crippen molar-refractivity contribution in [3.8, 4) is 0 Å². The molecule has 1 unspecified atom stereocenters. The number of Topliss-reactive ketones (excluding diaryl/α,β-unsaturated/α-hetero) is 1. The minimum Gasteiger partial charge on any atom is -0.388 e. The molecule has 0 aliphatic heterocycles. The molecule has 0 radical (unpaired) electrons. The van der Waals surface area contributed by atoms with Crippen LogP contribution in [0.2, 0.25) is 0 Å². The quantitative estimate of drug-likeness (QED) is 0.633. The molecular weight excluding hydrogens is 159 g/mol. The third-order valence-corrected chi connectivity index (χ3v) is 2.05. The molecule has 0 amide bonds. The lowest BCUT2D eigenvalue weighted by Crippen LogP contribution is -1.90. The lowest BCUT2D eigenvalue weighted by molar-refractivity contribution is 0.0930. The molecule has 1 aliphatic rings. The van der Waals surface area contributed by atoms with Crippen LogP contribution in [0.4, 0.5) is 4.39 Å². The molecule has 12 heavy (non-hydrogen) atoms. The van der Waals surface area contributed by atoms with Crippen LogP contribution in [0.5, 0.6) is 0 Å². The van der Waals surface area contributed by atoms with E-state index in [0.29, 0.717) is 11.1 Å². The summed E-state index contributed by atoms with van der Waals surface area (Å²) in [5.74, 6) is -0.528. The van der Waals surface area contributed by atoms with Gasteiger partial charge in [-0.15, -0.1) is 0 Å². The van der Waals surface area contributed by atoms with E-state index in [1.54, 1.807) is 0 Å². The monoisotopic (exact) mass is 166 g/mol. The number of carbonyl (C=O) groups is 1. The Morgan fingerprint density at radius 1 is 1.50 bits per heavy atom. The summed E-state index contributed by atoms with van der Waals surface area (Å²) < 4.78 is 12.6. The fourth-order valence-corrected chi connectivity index (χ4v) is 1.46. The molecule has 0 bridgehead atoms. The van der Waals surface area contributed by atoms with Gasteiger partial charge in [-0.1, -0.05) is 0 Å². The second-order valence-corrected chi connectivity index (χ2v) is 2.87. The Hall–Kier alpha value is -1.22. The molecule has 1 atom stereocenters. The number of rotatable bonds is 0. The van der Waals surface area contributed by atoms with Crippen molar-refractivity contribution in [1.82, 2.24) is 0 Å². The fraction of sp³-hybridized carbons (Fsp3) is 0.222. The number of hydrogen-bond donors (Lipinski definition) is 1. The number of aliphatic hydroxyl groups excluding tert-OH is 1. The fourth-order valence-electron chi connectivity index (χ4n) is 1.46. The third-order valence-electron chi connectivity index (χ3n) is 2.05. The van der Waals surface area contributed by atoms with Gasteiger partial charge in [-0.25, -0.2) is 4.39 Å². The molecule has 2 nitrogen and oxygen atoms in total. The second-order valence-electron chi connectivity index (χ2n) is 2.87. The number of hydrogen-bond acceptors (Lipinski definition) is 2. The van der Waals surface area contributed by atoms with Gasteiger partial charge in [-0.2, -0.15) is 0 Å². The van der Waals surface area contributed by atoms with Gasteiger partial charge in [0.2, 0.25) is 0 Å². The van der Waals surface area contributed by atoms with Gasteiger partial charge in [0, 0.05) is 12.0 Å². The largest absolute Gasteiger partial charge is 0.388 e. The van der Waals surface area contributed by atoms with Crippen molar-refractivity contribution in [2.75, 3.05) is 0 Å². The van der Waals surface area contributed by atoms with Crippen molar-refractivity contribution >= 4 is 5.78 Å². The first kappa shape index (κ1) is 7.43. The van der Waals surface area contributed by atoms with Crippen LogP contribution >= 0.6 is 0 Å². The van der Waals surface area contributed by atoms with Gasteiger partial charge in [0.1, 0.15) is 5.82 Å². The number of halogens is 1. The molecule has 0 spiro atoms. The van der Waals surface area contributed by atoms with Crippen molar-refractivity contribution in [1.29, 1.82) is 0 Å². The molecular formula is C9H7FO2. The third kappa shape index (κ3) is 0.940. The zero-order valence-electron chi connectivity index (χ0n) is 6.25. The Kier molecular flexibility index (Phi) is 1.48. The van der Waals surface area contributed by atoms with Gasteiger partial charge in [0.05, 0.1) is 6.10 Å². The Balaban J connectivity index is 2.60. The Morgan fingerprint density at radius 2 is 2.25 bits per heavy atom. The van der Waals surface area contributed by atoms with E-state index in [2.05, 4.69) is 0 Å². The van der Waals surface area contributed by atoms with Crippen molar-refractivity contribution in [3.05, 3.63) is 35.1 Å². The van der Waals surface area contributed by atoms with E-state index in [1.165, 1.54) is 18.2 Å². The van der Waals surface area contributed by atoms with Crippen LogP contribution in [0.3, 0.4) is 0 Å². The molecule has 3 heteroatoms. The van der Waals surface area contributed by atoms with Gasteiger partial charge >= 0.3 is 0 Å². The van der Waals surface area contributed by atoms with Crippen LogP contribution in [0.1, 0.15) is 28.4 Å². The summed E-state index contributed by atoms with van der Waals surface area (Å²) in [5.41, 5.74) is 0.865. The van der Waals surface area contributed by atoms with Crippen molar-refractivity contribution in [2.24, 2.45) is 0 Å². The van der Waals surface area contributed by atoms with E-state index >= 15 is 0 Å². The molecule has 62 valence electrons. The maximum absolute atomic E-state index is 12.6. The predicted octanol–water partition coefficient (Wildman–Crippen LogP) is 1.45. The molecule has 0 saturated carbocycles. The van der Waals surface area contributed by atoms with Crippen molar-refractivity contribution in [2.45, 2.75) is 12.5 Å². The summed E-state index contributed by atoms with van der Waals surface area (Å²) in [6.07, 6.45) is -0.734. The molecule has 0 heterocycles. The predicted molar refractivity (Wildman–Crippen MR) is 40.3 cm³/mol. The van der Waals surface area contributed by atoms with Gasteiger partial charge in [-0.05, 0) is 23.8 Å². The highest BCUT2D eigenvalue weighted by Crippen LogP contribution is 2.30. The van der Waals surface area contributed by atoms with E-state index in [1.807, 2.05) is 0 Å². The SMILES string of the molecule is O=C1CC(O)c2cc(F)ccc21. The van der Waals surface area contributed by atoms with E-state index in [0.717, 1.165) is 0 Å². The number of benzene rings is 1. The molecule has 2 rings (SSSR count). The molecule has 0 saturated heterocycles. The lowest BCUT2D eigenvalue weighted by Gasteiger charge is -2.00. The molecule has 0 aromatic heterocycles. The summed E-state index contributed by atoms with van der Waals surface area (Å²) >= 11 is 0. The highest BCUT2D eigenvalue weighted by Gasteiger charge is 2.27. The molecule has 1 aromatic rings. The number of ketones is 1. The average molecular weight is 166 g/mol. The lowest BCUT2D eigenvalue weighted by atomic mass is 10.1. The zero-order valence-corrected chi connectivity index (χ0v) is 6.25. The summed E-state index contributed by atoms with van der Waals surface area (Å²) in [4.78, 5) is 11.1. The van der Waals surface area contributed by atoms with Gasteiger partial charge < -0.3 is 5.11 Å². The maximum Gasteiger partial charge on any atom is 0.166 e. The number of carbonyl (C=O) groups excluding carboxylic acids is 1. The first-order chi connectivity index (χ1) is 5.68. The summed E-state index contributed by atoms with van der Waals surface area (Å²) in [5, 5.41) is 9.29. The highest BCUT2D eigenvalue weighted by atomic mass is 19.1. The topological polar surface area (TPSA) is 37.3 Å². The highest BCUT2D eigenvalue weighted by molar-refractivity contribution is 6.00. The maximum atomic E-state index is 12.6. The van der Waals surface area contributed by atoms with Crippen LogP contribution in [0.15, 0.2) is 18.2 Å². The Bertz CT molecular complexity index is 346. The number of fused-ring (bicyclic) bond motifs is 1. The molecule has 1 N–H and O–H groups in total. The van der Waals surface area contributed by atoms with Crippen molar-refractivity contribution in [3.63, 3.8) is 0 Å². The van der Waals surface area contributed by atoms with Crippen molar-refractivity contribution < 1.29 is 14.3 Å². The summed E-state index contributed by atoms with van der Waals surface area (Å²) in [7, 11) is 0. The van der Waals surface area contributed by atoms with Crippen LogP contribution in [0, 0.1) is 5.82 Å². The summed E-state index contributed by atoms with van der Waals surface area (Å²) in [6.45, 7) is 0. The zero-order chi connectivity index (χ0) is 8.72. The standard InChI is InChI=1S/C9H7FO2/c10-5-1-2-6-7(3-5)9(12)4-8(6)11/h1-3,9,12H,4H2. The Morgan fingerprint density at radius 3 is 3.00 bits per heavy atom. The summed E-state index contributed by atoms with van der Waals surface area (Å²) in [6, 6.07) is 3.86. The van der Waals surface area contributed by atoms with Crippen LogP contribution in [-0.2, 0) is 0 Å². The van der Waals surface area contributed by atoms with Gasteiger partial charge in [0.15, 0.2) is 5.78 Å². The van der Waals surface area contributed by atoms with E-state index in [-0.39, 0.29) is 12.2 Å². The van der Waals surface area contributed by atoms with E-state index < -0.39 is 11.9 Å². The van der Waals surface area contributed by atoms with E-state index in [4.69, 9.17) is 0 Å². The van der Waals surface area contributed by atoms with E-state index in [9.17, 15) is 14.3 Å². The normalized spacial score (nSPS) is 21.2. The van der Waals surface area contributed by atoms with Gasteiger partial charge in [-0.3, -0.25) is 4.79 Å². The van der Waals surface area contributed by atoms with Crippen LogP contribution < -0.4 is 0 Å². The smallest absolute Gasteiger partial charge is 0.166 e. The Labute approximate surface area is 68.6 Å². The first-order valence-corrected chi connectivity index (χ1v) is 3.69. The van der Waals surface area contributed by atoms with Crippen LogP contribution in [-0.4, -0.2) is 10.9 Å². The second kappa shape index (κ2) is 2.38. The molecule has 1 aromatic carbocycles. The van der Waals surface area contributed by atoms with Crippen LogP contribution in [0.25, 0.3) is 0 Å².